The van der Waals surface area contributed by atoms with E-state index in [4.69, 9.17) is 0 Å². The molecule has 1 aromatic carbocycles. The van der Waals surface area contributed by atoms with Crippen LogP contribution >= 0.6 is 0 Å². The number of carbonyl (C=O) groups is 1. The average molecular weight is 242 g/mol. The zero-order valence-electron chi connectivity index (χ0n) is 10.4. The van der Waals surface area contributed by atoms with Crippen molar-refractivity contribution in [3.8, 4) is 0 Å². The van der Waals surface area contributed by atoms with Gasteiger partial charge in [0.05, 0.1) is 0 Å². The summed E-state index contributed by atoms with van der Waals surface area (Å²) in [6.45, 7) is 0. The van der Waals surface area contributed by atoms with E-state index in [1.165, 1.54) is 19.3 Å². The minimum Gasteiger partial charge on any atom is -0.341 e. The van der Waals surface area contributed by atoms with Crippen molar-refractivity contribution in [2.45, 2.75) is 32.1 Å². The summed E-state index contributed by atoms with van der Waals surface area (Å²) in [5, 5.41) is 4.14. The van der Waals surface area contributed by atoms with E-state index >= 15 is 0 Å². The van der Waals surface area contributed by atoms with Crippen LogP contribution in [0.15, 0.2) is 30.3 Å². The molecule has 2 aromatic rings. The van der Waals surface area contributed by atoms with Gasteiger partial charge in [-0.25, -0.2) is 0 Å². The lowest BCUT2D eigenvalue weighted by Crippen LogP contribution is -2.24. The number of H-pyrrole nitrogens is 1. The second kappa shape index (κ2) is 4.84. The molecule has 1 amide bonds. The molecule has 1 aliphatic rings. The maximum absolute atomic E-state index is 12.1. The molecule has 0 spiro atoms. The van der Waals surface area contributed by atoms with Gasteiger partial charge in [-0.2, -0.15) is 0 Å². The van der Waals surface area contributed by atoms with Gasteiger partial charge in [-0.3, -0.25) is 4.79 Å². The number of aromatic nitrogens is 1. The zero-order chi connectivity index (χ0) is 12.4. The Labute approximate surface area is 107 Å². The first-order chi connectivity index (χ1) is 8.83. The van der Waals surface area contributed by atoms with Crippen molar-refractivity contribution in [1.29, 1.82) is 0 Å². The lowest BCUT2D eigenvalue weighted by Gasteiger charge is -2.20. The fourth-order valence-corrected chi connectivity index (χ4v) is 2.74. The van der Waals surface area contributed by atoms with Gasteiger partial charge in [0.1, 0.15) is 5.82 Å². The average Bonchev–Trinajstić information content (AvgIpc) is 2.82. The predicted molar refractivity (Wildman–Crippen MR) is 73.5 cm³/mol. The summed E-state index contributed by atoms with van der Waals surface area (Å²) in [5.74, 6) is 1.18. The minimum absolute atomic E-state index is 0.168. The summed E-state index contributed by atoms with van der Waals surface area (Å²) < 4.78 is 0. The SMILES string of the molecule is O=C(Nc1cc2ccccc2[nH]1)C1CCCCC1. The van der Waals surface area contributed by atoms with Crippen LogP contribution in [0.1, 0.15) is 32.1 Å². The molecule has 0 saturated heterocycles. The van der Waals surface area contributed by atoms with Crippen LogP contribution in [0.4, 0.5) is 5.82 Å². The van der Waals surface area contributed by atoms with E-state index in [2.05, 4.69) is 10.3 Å². The zero-order valence-corrected chi connectivity index (χ0v) is 10.4. The van der Waals surface area contributed by atoms with Gasteiger partial charge in [0, 0.05) is 16.8 Å². The number of aromatic amines is 1. The number of carbonyl (C=O) groups excluding carboxylic acids is 1. The first-order valence-electron chi connectivity index (χ1n) is 6.71. The molecule has 2 N–H and O–H groups in total. The lowest BCUT2D eigenvalue weighted by molar-refractivity contribution is -0.120. The summed E-state index contributed by atoms with van der Waals surface area (Å²) in [5.41, 5.74) is 1.07. The summed E-state index contributed by atoms with van der Waals surface area (Å²) >= 11 is 0. The molecular formula is C15H18N2O. The van der Waals surface area contributed by atoms with Crippen molar-refractivity contribution in [2.24, 2.45) is 5.92 Å². The molecule has 3 heteroatoms. The van der Waals surface area contributed by atoms with Gasteiger partial charge >= 0.3 is 0 Å². The Morgan fingerprint density at radius 2 is 1.94 bits per heavy atom. The van der Waals surface area contributed by atoms with E-state index in [0.29, 0.717) is 0 Å². The van der Waals surface area contributed by atoms with Crippen LogP contribution in [-0.2, 0) is 4.79 Å². The number of benzene rings is 1. The molecule has 0 aliphatic heterocycles. The molecule has 0 unspecified atom stereocenters. The highest BCUT2D eigenvalue weighted by Crippen LogP contribution is 2.25. The van der Waals surface area contributed by atoms with E-state index in [-0.39, 0.29) is 11.8 Å². The highest BCUT2D eigenvalue weighted by Gasteiger charge is 2.21. The van der Waals surface area contributed by atoms with Gasteiger partial charge in [0.2, 0.25) is 5.91 Å². The van der Waals surface area contributed by atoms with Crippen molar-refractivity contribution in [1.82, 2.24) is 4.98 Å². The van der Waals surface area contributed by atoms with Crippen LogP contribution in [0.3, 0.4) is 0 Å². The van der Waals surface area contributed by atoms with Crippen LogP contribution in [0.25, 0.3) is 10.9 Å². The highest BCUT2D eigenvalue weighted by atomic mass is 16.1. The molecule has 3 nitrogen and oxygen atoms in total. The molecule has 1 aliphatic carbocycles. The molecule has 1 aromatic heterocycles. The maximum Gasteiger partial charge on any atom is 0.228 e. The molecule has 18 heavy (non-hydrogen) atoms. The summed E-state index contributed by atoms with van der Waals surface area (Å²) in [6, 6.07) is 10.1. The monoisotopic (exact) mass is 242 g/mol. The molecule has 1 fully saturated rings. The van der Waals surface area contributed by atoms with Gasteiger partial charge in [-0.1, -0.05) is 37.5 Å². The van der Waals surface area contributed by atoms with E-state index in [1.54, 1.807) is 0 Å². The minimum atomic E-state index is 0.168. The number of hydrogen-bond acceptors (Lipinski definition) is 1. The molecule has 3 rings (SSSR count). The van der Waals surface area contributed by atoms with Crippen LogP contribution in [-0.4, -0.2) is 10.9 Å². The lowest BCUT2D eigenvalue weighted by atomic mass is 9.89. The van der Waals surface area contributed by atoms with Crippen molar-refractivity contribution in [3.05, 3.63) is 30.3 Å². The number of anilines is 1. The fraction of sp³-hybridized carbons (Fsp3) is 0.400. The Hall–Kier alpha value is -1.77. The van der Waals surface area contributed by atoms with Gasteiger partial charge in [0.15, 0.2) is 0 Å². The number of amides is 1. The first-order valence-corrected chi connectivity index (χ1v) is 6.71. The Balaban J connectivity index is 1.73. The van der Waals surface area contributed by atoms with E-state index < -0.39 is 0 Å². The van der Waals surface area contributed by atoms with E-state index in [1.807, 2.05) is 30.3 Å². The van der Waals surface area contributed by atoms with Crippen molar-refractivity contribution in [3.63, 3.8) is 0 Å². The van der Waals surface area contributed by atoms with Crippen molar-refractivity contribution >= 4 is 22.6 Å². The number of para-hydroxylation sites is 1. The van der Waals surface area contributed by atoms with E-state index in [9.17, 15) is 4.79 Å². The second-order valence-corrected chi connectivity index (χ2v) is 5.09. The third-order valence-corrected chi connectivity index (χ3v) is 3.76. The van der Waals surface area contributed by atoms with Gasteiger partial charge in [-0.15, -0.1) is 0 Å². The first kappa shape index (κ1) is 11.3. The Bertz CT molecular complexity index is 519. The van der Waals surface area contributed by atoms with Gasteiger partial charge in [0.25, 0.3) is 0 Å². The van der Waals surface area contributed by atoms with Gasteiger partial charge < -0.3 is 10.3 Å². The quantitative estimate of drug-likeness (QED) is 0.828. The summed E-state index contributed by atoms with van der Waals surface area (Å²) in [6.07, 6.45) is 5.71. The van der Waals surface area contributed by atoms with Gasteiger partial charge in [-0.05, 0) is 25.0 Å². The molecule has 1 heterocycles. The van der Waals surface area contributed by atoms with Crippen molar-refractivity contribution in [2.75, 3.05) is 5.32 Å². The van der Waals surface area contributed by atoms with Crippen LogP contribution in [0, 0.1) is 5.92 Å². The predicted octanol–water partition coefficient (Wildman–Crippen LogP) is 3.69. The third-order valence-electron chi connectivity index (χ3n) is 3.76. The molecule has 0 atom stereocenters. The third kappa shape index (κ3) is 2.26. The molecule has 0 bridgehead atoms. The topological polar surface area (TPSA) is 44.9 Å². The normalized spacial score (nSPS) is 16.9. The summed E-state index contributed by atoms with van der Waals surface area (Å²) in [7, 11) is 0. The fourth-order valence-electron chi connectivity index (χ4n) is 2.74. The number of hydrogen-bond donors (Lipinski definition) is 2. The molecule has 0 radical (unpaired) electrons. The van der Waals surface area contributed by atoms with Crippen LogP contribution in [0.2, 0.25) is 0 Å². The van der Waals surface area contributed by atoms with Crippen LogP contribution < -0.4 is 5.32 Å². The second-order valence-electron chi connectivity index (χ2n) is 5.09. The highest BCUT2D eigenvalue weighted by molar-refractivity contribution is 5.95. The largest absolute Gasteiger partial charge is 0.341 e. The maximum atomic E-state index is 12.1. The number of rotatable bonds is 2. The smallest absolute Gasteiger partial charge is 0.228 e. The number of nitrogens with one attached hydrogen (secondary N) is 2. The molecular weight excluding hydrogens is 224 g/mol. The van der Waals surface area contributed by atoms with Crippen molar-refractivity contribution < 1.29 is 4.79 Å². The molecule has 94 valence electrons. The Kier molecular flexibility index (Phi) is 3.05. The number of fused-ring (bicyclic) bond motifs is 1. The standard InChI is InChI=1S/C15H18N2O/c18-15(11-6-2-1-3-7-11)17-14-10-12-8-4-5-9-13(12)16-14/h4-5,8-11,16H,1-3,6-7H2,(H,17,18). The Morgan fingerprint density at radius 1 is 1.17 bits per heavy atom. The summed E-state index contributed by atoms with van der Waals surface area (Å²) in [4.78, 5) is 15.3. The Morgan fingerprint density at radius 3 is 2.72 bits per heavy atom. The van der Waals surface area contributed by atoms with E-state index in [0.717, 1.165) is 29.6 Å². The molecule has 1 saturated carbocycles. The van der Waals surface area contributed by atoms with Crippen LogP contribution in [0.5, 0.6) is 0 Å².